The Morgan fingerprint density at radius 1 is 1.78 bits per heavy atom. The van der Waals surface area contributed by atoms with Crippen molar-refractivity contribution in [2.45, 2.75) is 20.3 Å². The van der Waals surface area contributed by atoms with E-state index in [0.29, 0.717) is 0 Å². The normalized spacial score (nSPS) is 30.8. The van der Waals surface area contributed by atoms with Gasteiger partial charge in [-0.2, -0.15) is 0 Å². The summed E-state index contributed by atoms with van der Waals surface area (Å²) in [5.41, 5.74) is 1.50. The van der Waals surface area contributed by atoms with Crippen LogP contribution in [0.4, 0.5) is 0 Å². The quantitative estimate of drug-likeness (QED) is 0.518. The topological polar surface area (TPSA) is 12.4 Å². The second-order valence-electron chi connectivity index (χ2n) is 2.50. The minimum absolute atomic E-state index is 0.779. The minimum atomic E-state index is -0.779. The van der Waals surface area contributed by atoms with Crippen molar-refractivity contribution >= 4 is 25.8 Å². The van der Waals surface area contributed by atoms with Crippen LogP contribution in [0.1, 0.15) is 20.3 Å². The first kappa shape index (κ1) is 7.51. The van der Waals surface area contributed by atoms with Gasteiger partial charge in [0.15, 0.2) is 0 Å². The Labute approximate surface area is 64.7 Å². The fourth-order valence-corrected chi connectivity index (χ4v) is 2.69. The van der Waals surface area contributed by atoms with Gasteiger partial charge in [-0.05, 0) is 0 Å². The molecule has 9 heavy (non-hydrogen) atoms. The van der Waals surface area contributed by atoms with Crippen molar-refractivity contribution in [1.29, 1.82) is 0 Å². The van der Waals surface area contributed by atoms with Crippen molar-refractivity contribution in [3.63, 3.8) is 0 Å². The van der Waals surface area contributed by atoms with Crippen molar-refractivity contribution in [2.75, 3.05) is 9.36 Å². The zero-order valence-corrected chi connectivity index (χ0v) is 8.47. The van der Waals surface area contributed by atoms with E-state index in [1.165, 1.54) is 16.6 Å². The third kappa shape index (κ3) is 2.24. The van der Waals surface area contributed by atoms with E-state index in [1.807, 2.05) is 0 Å². The number of halogens is 1. The average Bonchev–Trinajstić information content (AvgIpc) is 2.47. The van der Waals surface area contributed by atoms with Gasteiger partial charge in [-0.3, -0.25) is 0 Å². The Balaban J connectivity index is 2.31. The van der Waals surface area contributed by atoms with Crippen molar-refractivity contribution in [3.05, 3.63) is 0 Å². The Morgan fingerprint density at radius 3 is 2.67 bits per heavy atom. The first-order valence-corrected chi connectivity index (χ1v) is 8.02. The molecule has 0 radical (unpaired) electrons. The van der Waals surface area contributed by atoms with Crippen molar-refractivity contribution in [2.24, 2.45) is 9.12 Å². The van der Waals surface area contributed by atoms with Crippen LogP contribution in [0.15, 0.2) is 3.21 Å². The Hall–Kier alpha value is 0.400. The molecule has 0 spiro atoms. The number of hydrogen-bond acceptors (Lipinski definition) is 1. The van der Waals surface area contributed by atoms with E-state index >= 15 is 0 Å². The summed E-state index contributed by atoms with van der Waals surface area (Å²) in [5, 5.41) is 0. The zero-order valence-electron chi connectivity index (χ0n) is 6.32. The second-order valence-corrected chi connectivity index (χ2v) is 7.68. The van der Waals surface area contributed by atoms with Gasteiger partial charge in [0.2, 0.25) is 0 Å². The molecule has 0 bridgehead atoms. The van der Waals surface area contributed by atoms with Crippen LogP contribution in [0, 0.1) is 5.92 Å². The van der Waals surface area contributed by atoms with Gasteiger partial charge in [0, 0.05) is 0 Å². The summed E-state index contributed by atoms with van der Waals surface area (Å²) >= 11 is -0.779. The van der Waals surface area contributed by atoms with E-state index in [9.17, 15) is 0 Å². The van der Waals surface area contributed by atoms with Crippen LogP contribution in [0.3, 0.4) is 0 Å². The van der Waals surface area contributed by atoms with Crippen LogP contribution >= 0.6 is 20.1 Å². The third-order valence-corrected chi connectivity index (χ3v) is 5.21. The Bertz CT molecular complexity index is 131. The number of alkyl halides is 2. The predicted octanol–water partition coefficient (Wildman–Crippen LogP) is 2.54. The summed E-state index contributed by atoms with van der Waals surface area (Å²) in [5.74, 6) is 0.844. The van der Waals surface area contributed by atoms with Gasteiger partial charge in [-0.15, -0.1) is 0 Å². The first-order valence-electron chi connectivity index (χ1n) is 3.37. The maximum atomic E-state index is 4.66. The average molecular weight is 239 g/mol. The summed E-state index contributed by atoms with van der Waals surface area (Å²) in [6, 6.07) is 0. The summed E-state index contributed by atoms with van der Waals surface area (Å²) in [7, 11) is 0. The fraction of sp³-hybridized carbons (Fsp3) is 0.857. The molecule has 54 valence electrons. The Morgan fingerprint density at radius 2 is 2.33 bits per heavy atom. The van der Waals surface area contributed by atoms with E-state index in [0.717, 1.165) is 5.92 Å². The van der Waals surface area contributed by atoms with E-state index < -0.39 is 20.1 Å². The van der Waals surface area contributed by atoms with Gasteiger partial charge in [-0.1, -0.05) is 0 Å². The molecule has 1 aliphatic carbocycles. The van der Waals surface area contributed by atoms with Crippen LogP contribution in [0.2, 0.25) is 0 Å². The molecule has 0 aromatic heterocycles. The molecule has 0 amide bonds. The van der Waals surface area contributed by atoms with E-state index in [4.69, 9.17) is 0 Å². The molecule has 0 aliphatic heterocycles. The monoisotopic (exact) mass is 239 g/mol. The zero-order chi connectivity index (χ0) is 6.85. The standard InChI is InChI=1S/C7H14IN/c1-4-8(3)9-7-5-6(7)2/h6H,4-5H2,1-3H3. The molecule has 1 nitrogen and oxygen atoms in total. The summed E-state index contributed by atoms with van der Waals surface area (Å²) in [4.78, 5) is 2.34. The van der Waals surface area contributed by atoms with Crippen LogP contribution in [-0.4, -0.2) is 15.1 Å². The molecule has 0 heterocycles. The maximum absolute atomic E-state index is 4.66. The number of nitrogens with zero attached hydrogens (tertiary/aromatic N) is 1. The molecule has 1 saturated carbocycles. The molecule has 0 saturated heterocycles. The molecule has 1 rings (SSSR count). The molecule has 2 heteroatoms. The van der Waals surface area contributed by atoms with E-state index in [2.05, 4.69) is 22.0 Å². The van der Waals surface area contributed by atoms with Crippen LogP contribution in [0.5, 0.6) is 0 Å². The van der Waals surface area contributed by atoms with Crippen molar-refractivity contribution in [1.82, 2.24) is 0 Å². The molecule has 1 aliphatic rings. The molecular weight excluding hydrogens is 225 g/mol. The van der Waals surface area contributed by atoms with Crippen LogP contribution in [0.25, 0.3) is 0 Å². The summed E-state index contributed by atoms with van der Waals surface area (Å²) in [6.45, 7) is 4.51. The Kier molecular flexibility index (Phi) is 2.50. The second kappa shape index (κ2) is 2.99. The van der Waals surface area contributed by atoms with Crippen LogP contribution in [-0.2, 0) is 0 Å². The van der Waals surface area contributed by atoms with E-state index in [-0.39, 0.29) is 0 Å². The summed E-state index contributed by atoms with van der Waals surface area (Å²) in [6.07, 6.45) is 1.29. The van der Waals surface area contributed by atoms with Gasteiger partial charge in [0.05, 0.1) is 0 Å². The third-order valence-electron chi connectivity index (χ3n) is 1.56. The fourth-order valence-electron chi connectivity index (χ4n) is 0.618. The predicted molar refractivity (Wildman–Crippen MR) is 51.7 cm³/mol. The molecule has 0 N–H and O–H groups in total. The van der Waals surface area contributed by atoms with Crippen LogP contribution < -0.4 is 0 Å². The molecule has 0 aromatic rings. The summed E-state index contributed by atoms with van der Waals surface area (Å²) < 4.78 is 5.99. The van der Waals surface area contributed by atoms with Gasteiger partial charge >= 0.3 is 64.6 Å². The van der Waals surface area contributed by atoms with E-state index in [1.54, 1.807) is 0 Å². The number of rotatable bonds is 2. The SMILES string of the molecule is CCI(C)N=C1CC1C. The molecule has 1 unspecified atom stereocenters. The van der Waals surface area contributed by atoms with Gasteiger partial charge in [-0.25, -0.2) is 0 Å². The number of hydrogen-bond donors (Lipinski definition) is 0. The van der Waals surface area contributed by atoms with Crippen molar-refractivity contribution < 1.29 is 0 Å². The molecule has 1 fully saturated rings. The van der Waals surface area contributed by atoms with Gasteiger partial charge in [0.25, 0.3) is 0 Å². The molecular formula is C7H14IN. The van der Waals surface area contributed by atoms with Gasteiger partial charge < -0.3 is 0 Å². The first-order chi connectivity index (χ1) is 4.24. The van der Waals surface area contributed by atoms with Gasteiger partial charge in [0.1, 0.15) is 0 Å². The molecule has 1 atom stereocenters. The van der Waals surface area contributed by atoms with Crippen molar-refractivity contribution in [3.8, 4) is 0 Å². The molecule has 0 aromatic carbocycles.